The Morgan fingerprint density at radius 3 is 2.70 bits per heavy atom. The van der Waals surface area contributed by atoms with Gasteiger partial charge in [0.1, 0.15) is 0 Å². The van der Waals surface area contributed by atoms with E-state index in [0.29, 0.717) is 30.1 Å². The van der Waals surface area contributed by atoms with Gasteiger partial charge in [0.2, 0.25) is 5.91 Å². The number of hydrogen-bond acceptors (Lipinski definition) is 5. The van der Waals surface area contributed by atoms with E-state index in [2.05, 4.69) is 5.32 Å². The van der Waals surface area contributed by atoms with Gasteiger partial charge in [-0.05, 0) is 48.9 Å². The summed E-state index contributed by atoms with van der Waals surface area (Å²) in [6, 6.07) is 8.32. The SMILES string of the molecule is Cc1ccc(S(C)(=O)=O)cc1NC(=O)C1CCCN(C(=O)c2cccs2)C1. The quantitative estimate of drug-likeness (QED) is 0.846. The Labute approximate surface area is 163 Å². The van der Waals surface area contributed by atoms with Crippen LogP contribution in [0.1, 0.15) is 28.1 Å². The first-order chi connectivity index (χ1) is 12.8. The maximum absolute atomic E-state index is 12.7. The van der Waals surface area contributed by atoms with E-state index in [0.717, 1.165) is 18.2 Å². The molecule has 1 saturated heterocycles. The number of carbonyl (C=O) groups excluding carboxylic acids is 2. The molecule has 1 aliphatic rings. The summed E-state index contributed by atoms with van der Waals surface area (Å²) in [5, 5.41) is 4.71. The molecule has 1 aliphatic heterocycles. The first kappa shape index (κ1) is 19.6. The lowest BCUT2D eigenvalue weighted by Crippen LogP contribution is -2.43. The fourth-order valence-electron chi connectivity index (χ4n) is 3.13. The van der Waals surface area contributed by atoms with E-state index >= 15 is 0 Å². The van der Waals surface area contributed by atoms with Crippen LogP contribution in [0.15, 0.2) is 40.6 Å². The highest BCUT2D eigenvalue weighted by molar-refractivity contribution is 7.90. The highest BCUT2D eigenvalue weighted by atomic mass is 32.2. The molecule has 8 heteroatoms. The molecule has 0 saturated carbocycles. The second kappa shape index (κ2) is 7.82. The second-order valence-electron chi connectivity index (χ2n) is 6.81. The van der Waals surface area contributed by atoms with E-state index in [9.17, 15) is 18.0 Å². The lowest BCUT2D eigenvalue weighted by molar-refractivity contribution is -0.121. The molecule has 1 atom stereocenters. The van der Waals surface area contributed by atoms with Crippen LogP contribution in [0.2, 0.25) is 0 Å². The molecule has 3 rings (SSSR count). The number of nitrogens with one attached hydrogen (secondary N) is 1. The van der Waals surface area contributed by atoms with Crippen molar-refractivity contribution in [2.45, 2.75) is 24.7 Å². The third kappa shape index (κ3) is 4.56. The van der Waals surface area contributed by atoms with E-state index in [-0.39, 0.29) is 22.6 Å². The number of sulfone groups is 1. The average molecular weight is 407 g/mol. The molecular formula is C19H22N2O4S2. The Hall–Kier alpha value is -2.19. The Bertz CT molecular complexity index is 952. The van der Waals surface area contributed by atoms with Crippen molar-refractivity contribution in [1.82, 2.24) is 4.90 Å². The molecule has 27 heavy (non-hydrogen) atoms. The van der Waals surface area contributed by atoms with E-state index in [1.54, 1.807) is 17.0 Å². The van der Waals surface area contributed by atoms with Crippen LogP contribution in [0.4, 0.5) is 5.69 Å². The molecule has 1 unspecified atom stereocenters. The lowest BCUT2D eigenvalue weighted by Gasteiger charge is -2.32. The molecule has 1 aromatic carbocycles. The van der Waals surface area contributed by atoms with E-state index < -0.39 is 9.84 Å². The molecule has 0 spiro atoms. The monoisotopic (exact) mass is 406 g/mol. The second-order valence-corrected chi connectivity index (χ2v) is 9.77. The molecule has 1 N–H and O–H groups in total. The van der Waals surface area contributed by atoms with E-state index in [4.69, 9.17) is 0 Å². The first-order valence-corrected chi connectivity index (χ1v) is 11.5. The fourth-order valence-corrected chi connectivity index (χ4v) is 4.47. The minimum atomic E-state index is -3.35. The van der Waals surface area contributed by atoms with Gasteiger partial charge in [-0.1, -0.05) is 12.1 Å². The van der Waals surface area contributed by atoms with Crippen LogP contribution in [0.5, 0.6) is 0 Å². The topological polar surface area (TPSA) is 83.6 Å². The minimum absolute atomic E-state index is 0.0437. The first-order valence-electron chi connectivity index (χ1n) is 8.70. The number of hydrogen-bond donors (Lipinski definition) is 1. The summed E-state index contributed by atoms with van der Waals surface area (Å²) in [6.45, 7) is 2.83. The van der Waals surface area contributed by atoms with Gasteiger partial charge in [-0.15, -0.1) is 11.3 Å². The standard InChI is InChI=1S/C19H22N2O4S2/c1-13-7-8-15(27(2,24)25)11-16(13)20-18(22)14-5-3-9-21(12-14)19(23)17-6-4-10-26-17/h4,6-8,10-11,14H,3,5,9,12H2,1-2H3,(H,20,22). The Kier molecular flexibility index (Phi) is 5.67. The fraction of sp³-hybridized carbons (Fsp3) is 0.368. The van der Waals surface area contributed by atoms with Crippen molar-refractivity contribution >= 4 is 38.7 Å². The van der Waals surface area contributed by atoms with Crippen molar-refractivity contribution in [3.63, 3.8) is 0 Å². The number of anilines is 1. The Morgan fingerprint density at radius 2 is 2.04 bits per heavy atom. The van der Waals surface area contributed by atoms with Crippen molar-refractivity contribution in [3.05, 3.63) is 46.2 Å². The van der Waals surface area contributed by atoms with E-state index in [1.165, 1.54) is 23.5 Å². The van der Waals surface area contributed by atoms with Crippen LogP contribution >= 0.6 is 11.3 Å². The average Bonchev–Trinajstić information content (AvgIpc) is 3.16. The van der Waals surface area contributed by atoms with Crippen LogP contribution in [-0.4, -0.2) is 44.5 Å². The molecular weight excluding hydrogens is 384 g/mol. The Morgan fingerprint density at radius 1 is 1.26 bits per heavy atom. The van der Waals surface area contributed by atoms with Gasteiger partial charge in [-0.3, -0.25) is 9.59 Å². The number of nitrogens with zero attached hydrogens (tertiary/aromatic N) is 1. The third-order valence-electron chi connectivity index (χ3n) is 4.71. The van der Waals surface area contributed by atoms with Gasteiger partial charge in [0.15, 0.2) is 9.84 Å². The number of likely N-dealkylation sites (tertiary alicyclic amines) is 1. The molecule has 1 aromatic heterocycles. The van der Waals surface area contributed by atoms with Gasteiger partial charge >= 0.3 is 0 Å². The number of carbonyl (C=O) groups is 2. The number of aryl methyl sites for hydroxylation is 1. The van der Waals surface area contributed by atoms with Gasteiger partial charge in [-0.25, -0.2) is 8.42 Å². The number of rotatable bonds is 4. The van der Waals surface area contributed by atoms with Crippen LogP contribution in [0.3, 0.4) is 0 Å². The number of thiophene rings is 1. The zero-order chi connectivity index (χ0) is 19.6. The van der Waals surface area contributed by atoms with Crippen LogP contribution in [0.25, 0.3) is 0 Å². The van der Waals surface area contributed by atoms with E-state index in [1.807, 2.05) is 18.4 Å². The van der Waals surface area contributed by atoms with Crippen molar-refractivity contribution < 1.29 is 18.0 Å². The molecule has 0 radical (unpaired) electrons. The maximum Gasteiger partial charge on any atom is 0.263 e. The molecule has 6 nitrogen and oxygen atoms in total. The molecule has 144 valence electrons. The third-order valence-corrected chi connectivity index (χ3v) is 6.67. The highest BCUT2D eigenvalue weighted by Crippen LogP contribution is 2.24. The predicted octanol–water partition coefficient (Wildman–Crippen LogP) is 2.95. The lowest BCUT2D eigenvalue weighted by atomic mass is 9.96. The van der Waals surface area contributed by atoms with Crippen LogP contribution < -0.4 is 5.32 Å². The van der Waals surface area contributed by atoms with Crippen LogP contribution in [0, 0.1) is 12.8 Å². The van der Waals surface area contributed by atoms with Crippen molar-refractivity contribution in [2.24, 2.45) is 5.92 Å². The summed E-state index contributed by atoms with van der Waals surface area (Å²) in [5.41, 5.74) is 1.28. The zero-order valence-corrected chi connectivity index (χ0v) is 16.9. The van der Waals surface area contributed by atoms with Crippen LogP contribution in [-0.2, 0) is 14.6 Å². The van der Waals surface area contributed by atoms with Gasteiger partial charge in [0.05, 0.1) is 15.7 Å². The predicted molar refractivity (Wildman–Crippen MR) is 106 cm³/mol. The minimum Gasteiger partial charge on any atom is -0.337 e. The number of amides is 2. The van der Waals surface area contributed by atoms with Crippen molar-refractivity contribution in [3.8, 4) is 0 Å². The molecule has 0 aliphatic carbocycles. The van der Waals surface area contributed by atoms with Gasteiger partial charge in [0.25, 0.3) is 5.91 Å². The highest BCUT2D eigenvalue weighted by Gasteiger charge is 2.29. The van der Waals surface area contributed by atoms with Gasteiger partial charge in [0, 0.05) is 25.0 Å². The molecule has 2 heterocycles. The van der Waals surface area contributed by atoms with Gasteiger partial charge < -0.3 is 10.2 Å². The summed E-state index contributed by atoms with van der Waals surface area (Å²) in [6.07, 6.45) is 2.60. The summed E-state index contributed by atoms with van der Waals surface area (Å²) in [4.78, 5) is 27.8. The largest absolute Gasteiger partial charge is 0.337 e. The van der Waals surface area contributed by atoms with Gasteiger partial charge in [-0.2, -0.15) is 0 Å². The molecule has 2 amide bonds. The Balaban J connectivity index is 1.72. The maximum atomic E-state index is 12.7. The zero-order valence-electron chi connectivity index (χ0n) is 15.3. The normalized spacial score (nSPS) is 17.6. The number of piperidine rings is 1. The van der Waals surface area contributed by atoms with Crippen molar-refractivity contribution in [2.75, 3.05) is 24.7 Å². The van der Waals surface area contributed by atoms with Crippen molar-refractivity contribution in [1.29, 1.82) is 0 Å². The summed E-state index contributed by atoms with van der Waals surface area (Å²) in [5.74, 6) is -0.547. The molecule has 0 bridgehead atoms. The summed E-state index contributed by atoms with van der Waals surface area (Å²) >= 11 is 1.39. The molecule has 2 aromatic rings. The molecule has 1 fully saturated rings. The summed E-state index contributed by atoms with van der Waals surface area (Å²) < 4.78 is 23.5. The summed E-state index contributed by atoms with van der Waals surface area (Å²) in [7, 11) is -3.35. The number of benzene rings is 1. The smallest absolute Gasteiger partial charge is 0.263 e.